The molecule has 1 aromatic carbocycles. The minimum Gasteiger partial charge on any atom is -0.149 e. The monoisotopic (exact) mass is 164 g/mol. The fourth-order valence-electron chi connectivity index (χ4n) is 0.959. The van der Waals surface area contributed by atoms with Crippen LogP contribution in [0.4, 0.5) is 0 Å². The standard InChI is InChI=1S/C8H5ClN2/c9-8-5-6-3-1-2-4-7(6)10-11-8/h1-5H. The highest BCUT2D eigenvalue weighted by Crippen LogP contribution is 2.12. The second-order valence-electron chi connectivity index (χ2n) is 2.23. The molecule has 0 unspecified atom stereocenters. The van der Waals surface area contributed by atoms with Crippen molar-refractivity contribution in [2.45, 2.75) is 0 Å². The quantitative estimate of drug-likeness (QED) is 0.597. The van der Waals surface area contributed by atoms with Crippen LogP contribution in [0.3, 0.4) is 0 Å². The van der Waals surface area contributed by atoms with Crippen LogP contribution in [0.25, 0.3) is 10.9 Å². The van der Waals surface area contributed by atoms with Gasteiger partial charge in [0.15, 0.2) is 5.15 Å². The van der Waals surface area contributed by atoms with Gasteiger partial charge in [-0.3, -0.25) is 0 Å². The molecule has 0 N–H and O–H groups in total. The fraction of sp³-hybridized carbons (Fsp3) is 0. The number of hydrogen-bond acceptors (Lipinski definition) is 2. The third kappa shape index (κ3) is 1.17. The zero-order valence-corrected chi connectivity index (χ0v) is 6.42. The molecule has 0 radical (unpaired) electrons. The highest BCUT2D eigenvalue weighted by Gasteiger charge is 1.93. The predicted octanol–water partition coefficient (Wildman–Crippen LogP) is 2.28. The van der Waals surface area contributed by atoms with Gasteiger partial charge >= 0.3 is 0 Å². The van der Waals surface area contributed by atoms with E-state index in [2.05, 4.69) is 10.2 Å². The van der Waals surface area contributed by atoms with E-state index in [0.717, 1.165) is 10.9 Å². The summed E-state index contributed by atoms with van der Waals surface area (Å²) >= 11 is 5.65. The molecule has 0 aliphatic rings. The molecule has 0 amide bonds. The summed E-state index contributed by atoms with van der Waals surface area (Å²) in [7, 11) is 0. The topological polar surface area (TPSA) is 25.8 Å². The van der Waals surface area contributed by atoms with Crippen molar-refractivity contribution in [3.63, 3.8) is 0 Å². The van der Waals surface area contributed by atoms with Gasteiger partial charge in [-0.2, -0.15) is 0 Å². The van der Waals surface area contributed by atoms with Gasteiger partial charge in [-0.15, -0.1) is 10.2 Å². The van der Waals surface area contributed by atoms with Crippen LogP contribution in [-0.4, -0.2) is 10.2 Å². The van der Waals surface area contributed by atoms with Crippen LogP contribution in [0.1, 0.15) is 0 Å². The summed E-state index contributed by atoms with van der Waals surface area (Å²) < 4.78 is 0. The largest absolute Gasteiger partial charge is 0.152 e. The highest BCUT2D eigenvalue weighted by molar-refractivity contribution is 6.29. The minimum absolute atomic E-state index is 0.434. The zero-order valence-electron chi connectivity index (χ0n) is 5.66. The van der Waals surface area contributed by atoms with Crippen molar-refractivity contribution < 1.29 is 0 Å². The van der Waals surface area contributed by atoms with E-state index in [-0.39, 0.29) is 0 Å². The summed E-state index contributed by atoms with van der Waals surface area (Å²) in [6.45, 7) is 0. The molecule has 54 valence electrons. The van der Waals surface area contributed by atoms with Gasteiger partial charge in [-0.25, -0.2) is 0 Å². The smallest absolute Gasteiger partial charge is 0.149 e. The first-order chi connectivity index (χ1) is 5.36. The van der Waals surface area contributed by atoms with Gasteiger partial charge in [0.2, 0.25) is 0 Å². The highest BCUT2D eigenvalue weighted by atomic mass is 35.5. The summed E-state index contributed by atoms with van der Waals surface area (Å²) in [5, 5.41) is 9.08. The molecule has 2 aromatic rings. The van der Waals surface area contributed by atoms with Crippen LogP contribution >= 0.6 is 11.6 Å². The van der Waals surface area contributed by atoms with Crippen LogP contribution in [-0.2, 0) is 0 Å². The first-order valence-corrected chi connectivity index (χ1v) is 3.62. The molecule has 0 saturated heterocycles. The lowest BCUT2D eigenvalue weighted by Crippen LogP contribution is -1.82. The van der Waals surface area contributed by atoms with Gasteiger partial charge in [0.25, 0.3) is 0 Å². The van der Waals surface area contributed by atoms with Crippen LogP contribution < -0.4 is 0 Å². The SMILES string of the molecule is Clc1cc2ccccc2nn1. The Labute approximate surface area is 68.8 Å². The molecule has 0 aliphatic heterocycles. The summed E-state index contributed by atoms with van der Waals surface area (Å²) in [5.74, 6) is 0. The van der Waals surface area contributed by atoms with Crippen molar-refractivity contribution in [2.75, 3.05) is 0 Å². The van der Waals surface area contributed by atoms with Gasteiger partial charge in [0, 0.05) is 5.39 Å². The Morgan fingerprint density at radius 1 is 1.09 bits per heavy atom. The molecule has 2 nitrogen and oxygen atoms in total. The molecule has 0 spiro atoms. The van der Waals surface area contributed by atoms with E-state index >= 15 is 0 Å². The molecule has 0 bridgehead atoms. The Balaban J connectivity index is 2.83. The average molecular weight is 165 g/mol. The Hall–Kier alpha value is -1.15. The van der Waals surface area contributed by atoms with Gasteiger partial charge in [-0.05, 0) is 12.1 Å². The van der Waals surface area contributed by atoms with E-state index in [4.69, 9.17) is 11.6 Å². The van der Waals surface area contributed by atoms with E-state index in [1.807, 2.05) is 24.3 Å². The number of hydrogen-bond donors (Lipinski definition) is 0. The number of nitrogens with zero attached hydrogens (tertiary/aromatic N) is 2. The Bertz CT molecular complexity index is 387. The van der Waals surface area contributed by atoms with Crippen molar-refractivity contribution >= 4 is 22.5 Å². The molecular weight excluding hydrogens is 160 g/mol. The molecule has 0 fully saturated rings. The van der Waals surface area contributed by atoms with E-state index < -0.39 is 0 Å². The summed E-state index contributed by atoms with van der Waals surface area (Å²) in [4.78, 5) is 0. The van der Waals surface area contributed by atoms with Crippen molar-refractivity contribution in [1.82, 2.24) is 10.2 Å². The summed E-state index contributed by atoms with van der Waals surface area (Å²) in [6, 6.07) is 9.52. The molecule has 1 heterocycles. The molecular formula is C8H5ClN2. The van der Waals surface area contributed by atoms with E-state index in [9.17, 15) is 0 Å². The zero-order chi connectivity index (χ0) is 7.68. The molecule has 0 aliphatic carbocycles. The third-order valence-electron chi connectivity index (χ3n) is 1.46. The first-order valence-electron chi connectivity index (χ1n) is 3.24. The summed E-state index contributed by atoms with van der Waals surface area (Å²) in [6.07, 6.45) is 0. The molecule has 3 heteroatoms. The van der Waals surface area contributed by atoms with Gasteiger partial charge in [-0.1, -0.05) is 29.8 Å². The molecule has 1 aromatic heterocycles. The lowest BCUT2D eigenvalue weighted by molar-refractivity contribution is 1.08. The number of rotatable bonds is 0. The predicted molar refractivity (Wildman–Crippen MR) is 44.5 cm³/mol. The lowest BCUT2D eigenvalue weighted by atomic mass is 10.2. The molecule has 0 atom stereocenters. The van der Waals surface area contributed by atoms with Crippen LogP contribution in [0.5, 0.6) is 0 Å². The van der Waals surface area contributed by atoms with Gasteiger partial charge in [0.05, 0.1) is 5.52 Å². The second kappa shape index (κ2) is 2.47. The van der Waals surface area contributed by atoms with E-state index in [1.165, 1.54) is 0 Å². The number of halogens is 1. The van der Waals surface area contributed by atoms with Crippen molar-refractivity contribution in [2.24, 2.45) is 0 Å². The number of aromatic nitrogens is 2. The van der Waals surface area contributed by atoms with Crippen molar-refractivity contribution in [3.05, 3.63) is 35.5 Å². The normalized spacial score (nSPS) is 10.3. The van der Waals surface area contributed by atoms with Crippen molar-refractivity contribution in [1.29, 1.82) is 0 Å². The van der Waals surface area contributed by atoms with Crippen LogP contribution in [0, 0.1) is 0 Å². The summed E-state index contributed by atoms with van der Waals surface area (Å²) in [5.41, 5.74) is 0.872. The first kappa shape index (κ1) is 6.55. The average Bonchev–Trinajstić information content (AvgIpc) is 2.04. The molecule has 2 rings (SSSR count). The van der Waals surface area contributed by atoms with Gasteiger partial charge < -0.3 is 0 Å². The number of fused-ring (bicyclic) bond motifs is 1. The molecule has 0 saturated carbocycles. The van der Waals surface area contributed by atoms with Crippen LogP contribution in [0.2, 0.25) is 5.15 Å². The maximum atomic E-state index is 5.65. The van der Waals surface area contributed by atoms with E-state index in [1.54, 1.807) is 6.07 Å². The van der Waals surface area contributed by atoms with Gasteiger partial charge in [0.1, 0.15) is 0 Å². The maximum absolute atomic E-state index is 5.65. The molecule has 11 heavy (non-hydrogen) atoms. The Morgan fingerprint density at radius 2 is 1.91 bits per heavy atom. The van der Waals surface area contributed by atoms with E-state index in [0.29, 0.717) is 5.15 Å². The minimum atomic E-state index is 0.434. The fourth-order valence-corrected chi connectivity index (χ4v) is 1.11. The Kier molecular flexibility index (Phi) is 1.47. The third-order valence-corrected chi connectivity index (χ3v) is 1.65. The lowest BCUT2D eigenvalue weighted by Gasteiger charge is -1.93. The maximum Gasteiger partial charge on any atom is 0.152 e. The van der Waals surface area contributed by atoms with Crippen LogP contribution in [0.15, 0.2) is 30.3 Å². The van der Waals surface area contributed by atoms with Crippen molar-refractivity contribution in [3.8, 4) is 0 Å². The number of benzene rings is 1. The second-order valence-corrected chi connectivity index (χ2v) is 2.61. The Morgan fingerprint density at radius 3 is 2.82 bits per heavy atom.